The lowest BCUT2D eigenvalue weighted by atomic mass is 10.4. The van der Waals surface area contributed by atoms with Crippen molar-refractivity contribution in [1.82, 2.24) is 30.0 Å². The van der Waals surface area contributed by atoms with Gasteiger partial charge >= 0.3 is 0 Å². The number of nitrogens with zero attached hydrogens (tertiary/aromatic N) is 5. The molecule has 0 bridgehead atoms. The topological polar surface area (TPSA) is 71.8 Å². The Labute approximate surface area is 119 Å². The van der Waals surface area contributed by atoms with Crippen molar-refractivity contribution < 1.29 is 0 Å². The van der Waals surface area contributed by atoms with E-state index in [0.717, 1.165) is 20.7 Å². The molecule has 4 aromatic heterocycles. The van der Waals surface area contributed by atoms with Gasteiger partial charge in [-0.3, -0.25) is 5.10 Å². The van der Waals surface area contributed by atoms with Crippen molar-refractivity contribution in [3.63, 3.8) is 0 Å². The van der Waals surface area contributed by atoms with Crippen LogP contribution in [0.5, 0.6) is 0 Å². The predicted octanol–water partition coefficient (Wildman–Crippen LogP) is 2.96. The van der Waals surface area contributed by atoms with Gasteiger partial charge in [0.1, 0.15) is 5.69 Å². The summed E-state index contributed by atoms with van der Waals surface area (Å²) in [5, 5.41) is 22.8. The molecule has 0 aromatic carbocycles. The summed E-state index contributed by atoms with van der Waals surface area (Å²) >= 11 is 9.05. The Kier molecular flexibility index (Phi) is 2.40. The normalized spacial score (nSPS) is 11.4. The number of hydrogen-bond donors (Lipinski definition) is 1. The van der Waals surface area contributed by atoms with Gasteiger partial charge in [0.05, 0.1) is 16.1 Å². The minimum Gasteiger partial charge on any atom is -0.274 e. The molecule has 0 amide bonds. The highest BCUT2D eigenvalue weighted by Crippen LogP contribution is 2.31. The van der Waals surface area contributed by atoms with Crippen LogP contribution in [0.4, 0.5) is 0 Å². The molecule has 0 unspecified atom stereocenters. The van der Waals surface area contributed by atoms with Gasteiger partial charge in [0.15, 0.2) is 10.8 Å². The molecule has 0 fully saturated rings. The van der Waals surface area contributed by atoms with Crippen LogP contribution in [-0.4, -0.2) is 30.0 Å². The number of aromatic amines is 1. The third-order valence-corrected chi connectivity index (χ3v) is 4.61. The van der Waals surface area contributed by atoms with Crippen LogP contribution in [0.15, 0.2) is 23.7 Å². The largest absolute Gasteiger partial charge is 0.274 e. The number of thiophene rings is 1. The fourth-order valence-electron chi connectivity index (χ4n) is 1.70. The van der Waals surface area contributed by atoms with E-state index in [0.29, 0.717) is 10.7 Å². The number of H-pyrrole nitrogens is 1. The van der Waals surface area contributed by atoms with Crippen LogP contribution in [-0.2, 0) is 0 Å². The molecule has 0 saturated carbocycles. The van der Waals surface area contributed by atoms with Gasteiger partial charge in [-0.15, -0.1) is 21.5 Å². The van der Waals surface area contributed by atoms with E-state index in [9.17, 15) is 0 Å². The van der Waals surface area contributed by atoms with Gasteiger partial charge in [-0.05, 0) is 11.4 Å². The highest BCUT2D eigenvalue weighted by atomic mass is 35.5. The highest BCUT2D eigenvalue weighted by molar-refractivity contribution is 7.20. The molecular formula is C10H5ClN6S2. The summed E-state index contributed by atoms with van der Waals surface area (Å²) < 4.78 is 1.73. The lowest BCUT2D eigenvalue weighted by Gasteiger charge is -1.91. The van der Waals surface area contributed by atoms with Gasteiger partial charge in [0.25, 0.3) is 0 Å². The smallest absolute Gasteiger partial charge is 0.235 e. The number of aromatic nitrogens is 6. The summed E-state index contributed by atoms with van der Waals surface area (Å²) in [5.74, 6) is 0.739. The Morgan fingerprint density at radius 1 is 1.32 bits per heavy atom. The standard InChI is InChI=1S/C10H5ClN6S2/c11-5-4-12-13-7(5)9-16-17-8(6-2-1-3-18-6)14-15-10(17)19-9/h1-4H,(H,12,13). The second-order valence-corrected chi connectivity index (χ2v) is 6.01. The third kappa shape index (κ3) is 1.68. The van der Waals surface area contributed by atoms with E-state index >= 15 is 0 Å². The quantitative estimate of drug-likeness (QED) is 0.618. The maximum absolute atomic E-state index is 6.04. The van der Waals surface area contributed by atoms with Crippen molar-refractivity contribution in [2.45, 2.75) is 0 Å². The van der Waals surface area contributed by atoms with E-state index < -0.39 is 0 Å². The summed E-state index contributed by atoms with van der Waals surface area (Å²) in [6.45, 7) is 0. The van der Waals surface area contributed by atoms with Crippen LogP contribution in [0.3, 0.4) is 0 Å². The molecule has 94 valence electrons. The van der Waals surface area contributed by atoms with Gasteiger partial charge in [0, 0.05) is 0 Å². The average molecular weight is 309 g/mol. The molecule has 0 radical (unpaired) electrons. The van der Waals surface area contributed by atoms with Crippen LogP contribution in [0.1, 0.15) is 0 Å². The summed E-state index contributed by atoms with van der Waals surface area (Å²) in [6, 6.07) is 3.96. The molecule has 6 nitrogen and oxygen atoms in total. The first-order chi connectivity index (χ1) is 9.33. The molecule has 4 heterocycles. The van der Waals surface area contributed by atoms with E-state index in [1.807, 2.05) is 17.5 Å². The van der Waals surface area contributed by atoms with Crippen LogP contribution in [0.25, 0.3) is 26.4 Å². The van der Waals surface area contributed by atoms with Crippen LogP contribution < -0.4 is 0 Å². The minimum atomic E-state index is 0.544. The Balaban J connectivity index is 1.92. The van der Waals surface area contributed by atoms with E-state index in [-0.39, 0.29) is 0 Å². The van der Waals surface area contributed by atoms with Crippen molar-refractivity contribution in [2.75, 3.05) is 0 Å². The Bertz CT molecular complexity index is 843. The van der Waals surface area contributed by atoms with Crippen LogP contribution in [0, 0.1) is 0 Å². The molecule has 0 aliphatic heterocycles. The molecule has 0 atom stereocenters. The fraction of sp³-hybridized carbons (Fsp3) is 0. The molecule has 0 aliphatic carbocycles. The maximum atomic E-state index is 6.04. The minimum absolute atomic E-state index is 0.544. The summed E-state index contributed by atoms with van der Waals surface area (Å²) in [6.07, 6.45) is 1.56. The van der Waals surface area contributed by atoms with E-state index in [1.165, 1.54) is 11.3 Å². The van der Waals surface area contributed by atoms with Crippen molar-refractivity contribution >= 4 is 39.2 Å². The molecule has 1 N–H and O–H groups in total. The third-order valence-electron chi connectivity index (χ3n) is 2.54. The lowest BCUT2D eigenvalue weighted by molar-refractivity contribution is 0.967. The first kappa shape index (κ1) is 11.1. The van der Waals surface area contributed by atoms with Crippen molar-refractivity contribution in [3.05, 3.63) is 28.7 Å². The predicted molar refractivity (Wildman–Crippen MR) is 74.6 cm³/mol. The second kappa shape index (κ2) is 4.12. The van der Waals surface area contributed by atoms with Crippen LogP contribution in [0.2, 0.25) is 5.02 Å². The highest BCUT2D eigenvalue weighted by Gasteiger charge is 2.17. The Morgan fingerprint density at radius 2 is 2.26 bits per heavy atom. The molecule has 0 saturated heterocycles. The zero-order valence-corrected chi connectivity index (χ0v) is 11.6. The number of rotatable bonds is 2. The van der Waals surface area contributed by atoms with Crippen molar-refractivity contribution in [3.8, 4) is 21.4 Å². The van der Waals surface area contributed by atoms with Gasteiger partial charge in [0.2, 0.25) is 4.96 Å². The Morgan fingerprint density at radius 3 is 3.00 bits per heavy atom. The number of halogens is 1. The second-order valence-electron chi connectivity index (χ2n) is 3.70. The van der Waals surface area contributed by atoms with E-state index in [1.54, 1.807) is 22.0 Å². The SMILES string of the molecule is Clc1cn[nH]c1-c1nn2c(-c3cccs3)nnc2s1. The molecule has 0 aliphatic rings. The molecule has 4 rings (SSSR count). The van der Waals surface area contributed by atoms with Crippen molar-refractivity contribution in [1.29, 1.82) is 0 Å². The summed E-state index contributed by atoms with van der Waals surface area (Å²) in [4.78, 5) is 1.75. The van der Waals surface area contributed by atoms with Gasteiger partial charge in [-0.1, -0.05) is 29.0 Å². The Hall–Kier alpha value is -1.77. The maximum Gasteiger partial charge on any atom is 0.235 e. The van der Waals surface area contributed by atoms with Crippen LogP contribution >= 0.6 is 34.3 Å². The first-order valence-electron chi connectivity index (χ1n) is 5.28. The molecule has 0 spiro atoms. The number of fused-ring (bicyclic) bond motifs is 1. The average Bonchev–Trinajstić information content (AvgIpc) is 3.10. The summed E-state index contributed by atoms with van der Waals surface area (Å²) in [7, 11) is 0. The number of hydrogen-bond acceptors (Lipinski definition) is 6. The van der Waals surface area contributed by atoms with E-state index in [2.05, 4.69) is 25.5 Å². The molecule has 9 heteroatoms. The zero-order chi connectivity index (χ0) is 12.8. The monoisotopic (exact) mass is 308 g/mol. The summed E-state index contributed by atoms with van der Waals surface area (Å²) in [5.41, 5.74) is 0.703. The van der Waals surface area contributed by atoms with Gasteiger partial charge in [-0.2, -0.15) is 14.7 Å². The zero-order valence-electron chi connectivity index (χ0n) is 9.24. The van der Waals surface area contributed by atoms with Crippen molar-refractivity contribution in [2.24, 2.45) is 0 Å². The van der Waals surface area contributed by atoms with Gasteiger partial charge < -0.3 is 0 Å². The lowest BCUT2D eigenvalue weighted by Crippen LogP contribution is -1.89. The molecular weight excluding hydrogens is 304 g/mol. The van der Waals surface area contributed by atoms with E-state index in [4.69, 9.17) is 11.6 Å². The fourth-order valence-corrected chi connectivity index (χ4v) is 3.48. The molecule has 19 heavy (non-hydrogen) atoms. The molecule has 4 aromatic rings. The van der Waals surface area contributed by atoms with Gasteiger partial charge in [-0.25, -0.2) is 0 Å². The number of nitrogens with one attached hydrogen (secondary N) is 1. The first-order valence-corrected chi connectivity index (χ1v) is 7.36.